The maximum Gasteiger partial charge on any atom is 0.146 e. The van der Waals surface area contributed by atoms with Crippen molar-refractivity contribution in [2.24, 2.45) is 0 Å². The van der Waals surface area contributed by atoms with Gasteiger partial charge >= 0.3 is 0 Å². The van der Waals surface area contributed by atoms with Crippen LogP contribution in [-0.4, -0.2) is 39.1 Å². The summed E-state index contributed by atoms with van der Waals surface area (Å²) in [5.41, 5.74) is 4.48. The fourth-order valence-electron chi connectivity index (χ4n) is 3.99. The summed E-state index contributed by atoms with van der Waals surface area (Å²) in [6.45, 7) is 2.64. The number of nitrogens with zero attached hydrogens (tertiary/aromatic N) is 3. The van der Waals surface area contributed by atoms with Crippen molar-refractivity contribution in [1.29, 1.82) is 0 Å². The van der Waals surface area contributed by atoms with Crippen LogP contribution in [0, 0.1) is 0 Å². The first kappa shape index (κ1) is 14.9. The van der Waals surface area contributed by atoms with E-state index in [1.807, 2.05) is 24.7 Å². The lowest BCUT2D eigenvalue weighted by atomic mass is 9.85. The molecule has 6 heteroatoms. The first-order valence-corrected chi connectivity index (χ1v) is 8.87. The molecule has 1 saturated heterocycles. The summed E-state index contributed by atoms with van der Waals surface area (Å²) in [5, 5.41) is 17.5. The Bertz CT molecular complexity index is 925. The van der Waals surface area contributed by atoms with Gasteiger partial charge in [0, 0.05) is 18.5 Å². The van der Waals surface area contributed by atoms with Crippen molar-refractivity contribution in [1.82, 2.24) is 19.7 Å². The van der Waals surface area contributed by atoms with Crippen LogP contribution >= 0.6 is 0 Å². The molecule has 1 fully saturated rings. The Morgan fingerprint density at radius 3 is 2.64 bits per heavy atom. The van der Waals surface area contributed by atoms with Crippen LogP contribution in [0.2, 0.25) is 0 Å². The Balaban J connectivity index is 1.53. The minimum atomic E-state index is -0.714. The third kappa shape index (κ3) is 2.33. The zero-order valence-electron chi connectivity index (χ0n) is 14.0. The van der Waals surface area contributed by atoms with E-state index >= 15 is 0 Å². The molecule has 1 aromatic carbocycles. The van der Waals surface area contributed by atoms with Crippen LogP contribution in [-0.2, 0) is 12.0 Å². The molecule has 0 amide bonds. The van der Waals surface area contributed by atoms with Gasteiger partial charge in [-0.05, 0) is 31.5 Å². The fourth-order valence-corrected chi connectivity index (χ4v) is 3.99. The van der Waals surface area contributed by atoms with Crippen molar-refractivity contribution in [2.45, 2.75) is 24.9 Å². The van der Waals surface area contributed by atoms with Gasteiger partial charge in [0.15, 0.2) is 0 Å². The molecule has 2 aliphatic rings. The van der Waals surface area contributed by atoms with E-state index in [2.05, 4.69) is 37.1 Å². The molecule has 4 heterocycles. The van der Waals surface area contributed by atoms with E-state index in [9.17, 15) is 5.11 Å². The highest BCUT2D eigenvalue weighted by Gasteiger charge is 2.31. The average Bonchev–Trinajstić information content (AvgIpc) is 3.28. The molecular weight excluding hydrogens is 314 g/mol. The van der Waals surface area contributed by atoms with Gasteiger partial charge in [0.2, 0.25) is 0 Å². The summed E-state index contributed by atoms with van der Waals surface area (Å²) in [6.07, 6.45) is 6.24. The summed E-state index contributed by atoms with van der Waals surface area (Å²) < 4.78 is 2.13. The standard InChI is InChI=1S/C19H21N5O/c25-19(6-9-20-10-7-19)14-3-1-13(2-4-14)17-16-11-22-18-15(5-8-21-18)24(16)12-23-17/h1-4,11-12,20-21,25H,5-10H2. The SMILES string of the molecule is OC1(c2ccc(-c3ncn4c5c(ncc34)NCC5)cc2)CCNCC1. The maximum absolute atomic E-state index is 10.9. The molecular formula is C19H21N5O. The lowest BCUT2D eigenvalue weighted by Crippen LogP contribution is -2.39. The van der Waals surface area contributed by atoms with E-state index in [4.69, 9.17) is 0 Å². The second kappa shape index (κ2) is 5.54. The second-order valence-corrected chi connectivity index (χ2v) is 6.94. The number of benzene rings is 1. The average molecular weight is 335 g/mol. The molecule has 2 aliphatic heterocycles. The highest BCUT2D eigenvalue weighted by Crippen LogP contribution is 2.33. The van der Waals surface area contributed by atoms with Crippen LogP contribution in [0.25, 0.3) is 16.8 Å². The van der Waals surface area contributed by atoms with Gasteiger partial charge < -0.3 is 15.7 Å². The van der Waals surface area contributed by atoms with Crippen molar-refractivity contribution in [2.75, 3.05) is 25.0 Å². The van der Waals surface area contributed by atoms with Gasteiger partial charge in [0.1, 0.15) is 12.1 Å². The van der Waals surface area contributed by atoms with E-state index in [0.29, 0.717) is 0 Å². The lowest BCUT2D eigenvalue weighted by Gasteiger charge is -2.33. The van der Waals surface area contributed by atoms with Crippen LogP contribution in [0.4, 0.5) is 5.82 Å². The smallest absolute Gasteiger partial charge is 0.146 e. The number of rotatable bonds is 2. The number of fused-ring (bicyclic) bond motifs is 3. The van der Waals surface area contributed by atoms with E-state index < -0.39 is 5.60 Å². The summed E-state index contributed by atoms with van der Waals surface area (Å²) in [7, 11) is 0. The highest BCUT2D eigenvalue weighted by molar-refractivity contribution is 5.78. The summed E-state index contributed by atoms with van der Waals surface area (Å²) >= 11 is 0. The monoisotopic (exact) mass is 335 g/mol. The molecule has 5 rings (SSSR count). The Hall–Kier alpha value is -2.44. The fraction of sp³-hybridized carbons (Fsp3) is 0.368. The van der Waals surface area contributed by atoms with Crippen LogP contribution in [0.1, 0.15) is 24.1 Å². The maximum atomic E-state index is 10.9. The van der Waals surface area contributed by atoms with Crippen molar-refractivity contribution in [3.63, 3.8) is 0 Å². The van der Waals surface area contributed by atoms with Crippen molar-refractivity contribution >= 4 is 11.3 Å². The first-order chi connectivity index (χ1) is 12.2. The molecule has 0 radical (unpaired) electrons. The first-order valence-electron chi connectivity index (χ1n) is 8.87. The molecule has 2 aromatic heterocycles. The number of hydrogen-bond acceptors (Lipinski definition) is 5. The second-order valence-electron chi connectivity index (χ2n) is 6.94. The molecule has 0 saturated carbocycles. The van der Waals surface area contributed by atoms with Crippen LogP contribution < -0.4 is 10.6 Å². The van der Waals surface area contributed by atoms with Gasteiger partial charge in [0.25, 0.3) is 0 Å². The van der Waals surface area contributed by atoms with Crippen molar-refractivity contribution in [3.8, 4) is 11.3 Å². The molecule has 3 N–H and O–H groups in total. The van der Waals surface area contributed by atoms with Crippen LogP contribution in [0.5, 0.6) is 0 Å². The number of aromatic nitrogens is 3. The molecule has 3 aromatic rings. The van der Waals surface area contributed by atoms with E-state index in [-0.39, 0.29) is 0 Å². The lowest BCUT2D eigenvalue weighted by molar-refractivity contribution is 0.00595. The summed E-state index contributed by atoms with van der Waals surface area (Å²) in [5.74, 6) is 0.958. The minimum Gasteiger partial charge on any atom is -0.385 e. The topological polar surface area (TPSA) is 74.5 Å². The molecule has 25 heavy (non-hydrogen) atoms. The largest absolute Gasteiger partial charge is 0.385 e. The highest BCUT2D eigenvalue weighted by atomic mass is 16.3. The number of nitrogens with one attached hydrogen (secondary N) is 2. The Morgan fingerprint density at radius 2 is 1.84 bits per heavy atom. The molecule has 0 spiro atoms. The number of anilines is 1. The molecule has 0 aliphatic carbocycles. The van der Waals surface area contributed by atoms with E-state index in [1.54, 1.807) is 0 Å². The van der Waals surface area contributed by atoms with Gasteiger partial charge in [-0.1, -0.05) is 24.3 Å². The third-order valence-corrected chi connectivity index (χ3v) is 5.47. The zero-order chi connectivity index (χ0) is 16.9. The summed E-state index contributed by atoms with van der Waals surface area (Å²) in [6, 6.07) is 8.19. The molecule has 0 unspecified atom stereocenters. The van der Waals surface area contributed by atoms with Gasteiger partial charge in [-0.2, -0.15) is 0 Å². The summed E-state index contributed by atoms with van der Waals surface area (Å²) in [4.78, 5) is 9.15. The minimum absolute atomic E-state index is 0.714. The van der Waals surface area contributed by atoms with Gasteiger partial charge in [-0.15, -0.1) is 0 Å². The van der Waals surface area contributed by atoms with E-state index in [1.165, 1.54) is 5.69 Å². The third-order valence-electron chi connectivity index (χ3n) is 5.47. The van der Waals surface area contributed by atoms with Gasteiger partial charge in [-0.25, -0.2) is 9.97 Å². The predicted octanol–water partition coefficient (Wildman–Crippen LogP) is 1.94. The molecule has 128 valence electrons. The van der Waals surface area contributed by atoms with Gasteiger partial charge in [0.05, 0.1) is 28.7 Å². The molecule has 0 bridgehead atoms. The molecule has 0 atom stereocenters. The Kier molecular flexibility index (Phi) is 3.29. The van der Waals surface area contributed by atoms with Crippen LogP contribution in [0.15, 0.2) is 36.8 Å². The van der Waals surface area contributed by atoms with E-state index in [0.717, 1.165) is 67.1 Å². The predicted molar refractivity (Wildman–Crippen MR) is 96.6 cm³/mol. The quantitative estimate of drug-likeness (QED) is 0.667. The number of piperidine rings is 1. The van der Waals surface area contributed by atoms with Gasteiger partial charge in [-0.3, -0.25) is 4.40 Å². The Labute approximate surface area is 145 Å². The Morgan fingerprint density at radius 1 is 1.04 bits per heavy atom. The number of aliphatic hydroxyl groups is 1. The normalized spacial score (nSPS) is 18.9. The van der Waals surface area contributed by atoms with Crippen LogP contribution in [0.3, 0.4) is 0 Å². The zero-order valence-corrected chi connectivity index (χ0v) is 14.0. The van der Waals surface area contributed by atoms with Crippen molar-refractivity contribution < 1.29 is 5.11 Å². The van der Waals surface area contributed by atoms with Crippen molar-refractivity contribution in [3.05, 3.63) is 48.0 Å². The number of imidazole rings is 1. The molecule has 6 nitrogen and oxygen atoms in total. The number of hydrogen-bond donors (Lipinski definition) is 3.